The molecule has 0 unspecified atom stereocenters. The number of nitrogen functional groups attached to an aromatic ring is 1. The Balaban J connectivity index is 2.27. The Bertz CT molecular complexity index is 714. The zero-order valence-electron chi connectivity index (χ0n) is 10.6. The van der Waals surface area contributed by atoms with E-state index in [2.05, 4.69) is 5.32 Å². The van der Waals surface area contributed by atoms with Crippen LogP contribution in [0.15, 0.2) is 36.4 Å². The van der Waals surface area contributed by atoms with E-state index in [4.69, 9.17) is 22.4 Å². The summed E-state index contributed by atoms with van der Waals surface area (Å²) in [7, 11) is 0. The molecule has 0 spiro atoms. The number of halogens is 2. The van der Waals surface area contributed by atoms with Crippen LogP contribution in [0.1, 0.15) is 20.7 Å². The number of rotatable bonds is 3. The lowest BCUT2D eigenvalue weighted by Crippen LogP contribution is -2.13. The lowest BCUT2D eigenvalue weighted by atomic mass is 10.1. The fourth-order valence-electron chi connectivity index (χ4n) is 1.71. The molecule has 21 heavy (non-hydrogen) atoms. The third kappa shape index (κ3) is 3.49. The van der Waals surface area contributed by atoms with Crippen LogP contribution in [0.4, 0.5) is 15.8 Å². The van der Waals surface area contributed by atoms with Crippen LogP contribution in [-0.4, -0.2) is 17.0 Å². The summed E-state index contributed by atoms with van der Waals surface area (Å²) in [6.45, 7) is 0. The molecule has 1 amide bonds. The smallest absolute Gasteiger partial charge is 0.338 e. The van der Waals surface area contributed by atoms with Gasteiger partial charge in [0.1, 0.15) is 5.82 Å². The standard InChI is InChI=1S/C14H10ClFN2O3/c15-8-3-7(4-9(17)5-8)13(19)18-10-1-2-12(16)11(6-10)14(20)21/h1-6H,17H2,(H,18,19)(H,20,21). The van der Waals surface area contributed by atoms with Crippen molar-refractivity contribution in [2.45, 2.75) is 0 Å². The second-order valence-corrected chi connectivity index (χ2v) is 4.66. The third-order valence-electron chi connectivity index (χ3n) is 2.64. The number of carbonyl (C=O) groups is 2. The molecule has 5 nitrogen and oxygen atoms in total. The van der Waals surface area contributed by atoms with Gasteiger partial charge in [-0.1, -0.05) is 11.6 Å². The summed E-state index contributed by atoms with van der Waals surface area (Å²) in [6.07, 6.45) is 0. The molecule has 0 aliphatic heterocycles. The number of carboxylic acids is 1. The number of hydrogen-bond donors (Lipinski definition) is 3. The highest BCUT2D eigenvalue weighted by Crippen LogP contribution is 2.19. The lowest BCUT2D eigenvalue weighted by molar-refractivity contribution is 0.0691. The number of benzene rings is 2. The number of nitrogens with two attached hydrogens (primary N) is 1. The summed E-state index contributed by atoms with van der Waals surface area (Å²) < 4.78 is 13.3. The van der Waals surface area contributed by atoms with Gasteiger partial charge in [0.05, 0.1) is 5.56 Å². The molecular weight excluding hydrogens is 299 g/mol. The molecule has 0 aromatic heterocycles. The van der Waals surface area contributed by atoms with Crippen molar-refractivity contribution < 1.29 is 19.1 Å². The van der Waals surface area contributed by atoms with Crippen molar-refractivity contribution >= 4 is 34.9 Å². The van der Waals surface area contributed by atoms with Gasteiger partial charge in [0.15, 0.2) is 0 Å². The first kappa shape index (κ1) is 14.8. The number of anilines is 2. The Kier molecular flexibility index (Phi) is 4.09. The maximum absolute atomic E-state index is 13.3. The molecule has 0 atom stereocenters. The predicted octanol–water partition coefficient (Wildman–Crippen LogP) is 3.01. The van der Waals surface area contributed by atoms with Gasteiger partial charge in [-0.2, -0.15) is 0 Å². The summed E-state index contributed by atoms with van der Waals surface area (Å²) in [6, 6.07) is 7.57. The van der Waals surface area contributed by atoms with E-state index in [9.17, 15) is 14.0 Å². The van der Waals surface area contributed by atoms with Crippen molar-refractivity contribution in [2.24, 2.45) is 0 Å². The molecule has 0 aliphatic carbocycles. The fraction of sp³-hybridized carbons (Fsp3) is 0. The Hall–Kier alpha value is -2.60. The highest BCUT2D eigenvalue weighted by molar-refractivity contribution is 6.31. The van der Waals surface area contributed by atoms with Crippen LogP contribution in [0.5, 0.6) is 0 Å². The number of hydrogen-bond acceptors (Lipinski definition) is 3. The first-order valence-corrected chi connectivity index (χ1v) is 6.15. The molecule has 0 bridgehead atoms. The summed E-state index contributed by atoms with van der Waals surface area (Å²) in [5.41, 5.74) is 5.73. The minimum Gasteiger partial charge on any atom is -0.478 e. The minimum atomic E-state index is -1.42. The van der Waals surface area contributed by atoms with E-state index in [1.807, 2.05) is 0 Å². The highest BCUT2D eigenvalue weighted by atomic mass is 35.5. The lowest BCUT2D eigenvalue weighted by Gasteiger charge is -2.08. The van der Waals surface area contributed by atoms with Crippen LogP contribution < -0.4 is 11.1 Å². The second kappa shape index (κ2) is 5.80. The van der Waals surface area contributed by atoms with Gasteiger partial charge in [-0.15, -0.1) is 0 Å². The number of aromatic carboxylic acids is 1. The first-order valence-electron chi connectivity index (χ1n) is 5.77. The maximum Gasteiger partial charge on any atom is 0.338 e. The molecule has 2 rings (SSSR count). The van der Waals surface area contributed by atoms with Gasteiger partial charge in [0.2, 0.25) is 0 Å². The van der Waals surface area contributed by atoms with E-state index >= 15 is 0 Å². The monoisotopic (exact) mass is 308 g/mol. The van der Waals surface area contributed by atoms with Crippen molar-refractivity contribution in [1.82, 2.24) is 0 Å². The quantitative estimate of drug-likeness (QED) is 0.760. The summed E-state index contributed by atoms with van der Waals surface area (Å²) in [5.74, 6) is -2.84. The molecule has 0 radical (unpaired) electrons. The molecule has 0 saturated heterocycles. The molecule has 108 valence electrons. The van der Waals surface area contributed by atoms with Gasteiger partial charge >= 0.3 is 5.97 Å². The van der Waals surface area contributed by atoms with Crippen molar-refractivity contribution in [3.8, 4) is 0 Å². The normalized spacial score (nSPS) is 10.2. The Labute approximate surface area is 124 Å². The molecule has 2 aromatic carbocycles. The van der Waals surface area contributed by atoms with Gasteiger partial charge in [-0.3, -0.25) is 4.79 Å². The molecule has 7 heteroatoms. The molecule has 0 saturated carbocycles. The second-order valence-electron chi connectivity index (χ2n) is 4.23. The van der Waals surface area contributed by atoms with Gasteiger partial charge in [-0.25, -0.2) is 9.18 Å². The number of carbonyl (C=O) groups excluding carboxylic acids is 1. The average Bonchev–Trinajstić information content (AvgIpc) is 2.39. The first-order chi connectivity index (χ1) is 9.86. The van der Waals surface area contributed by atoms with Crippen LogP contribution in [-0.2, 0) is 0 Å². The van der Waals surface area contributed by atoms with Crippen LogP contribution in [0.3, 0.4) is 0 Å². The number of nitrogens with one attached hydrogen (secondary N) is 1. The Morgan fingerprint density at radius 2 is 1.90 bits per heavy atom. The van der Waals surface area contributed by atoms with Crippen LogP contribution in [0.25, 0.3) is 0 Å². The van der Waals surface area contributed by atoms with Crippen LogP contribution in [0, 0.1) is 5.82 Å². The molecule has 0 aliphatic rings. The molecule has 0 fully saturated rings. The van der Waals surface area contributed by atoms with E-state index in [1.165, 1.54) is 24.3 Å². The third-order valence-corrected chi connectivity index (χ3v) is 2.86. The highest BCUT2D eigenvalue weighted by Gasteiger charge is 2.13. The van der Waals surface area contributed by atoms with Crippen molar-refractivity contribution in [3.05, 3.63) is 58.4 Å². The predicted molar refractivity (Wildman–Crippen MR) is 77.2 cm³/mol. The summed E-state index contributed by atoms with van der Waals surface area (Å²) in [4.78, 5) is 22.9. The zero-order valence-corrected chi connectivity index (χ0v) is 11.3. The van der Waals surface area contributed by atoms with Crippen LogP contribution in [0.2, 0.25) is 5.02 Å². The zero-order chi connectivity index (χ0) is 15.6. The van der Waals surface area contributed by atoms with E-state index in [0.717, 1.165) is 12.1 Å². The van der Waals surface area contributed by atoms with E-state index in [1.54, 1.807) is 0 Å². The number of carboxylic acid groups (broad SMARTS) is 1. The fourth-order valence-corrected chi connectivity index (χ4v) is 1.96. The van der Waals surface area contributed by atoms with Crippen LogP contribution >= 0.6 is 11.6 Å². The van der Waals surface area contributed by atoms with Gasteiger partial charge in [-0.05, 0) is 36.4 Å². The van der Waals surface area contributed by atoms with Gasteiger partial charge in [0, 0.05) is 22.0 Å². The minimum absolute atomic E-state index is 0.150. The van der Waals surface area contributed by atoms with Gasteiger partial charge < -0.3 is 16.2 Å². The van der Waals surface area contributed by atoms with Gasteiger partial charge in [0.25, 0.3) is 5.91 Å². The largest absolute Gasteiger partial charge is 0.478 e. The van der Waals surface area contributed by atoms with Crippen molar-refractivity contribution in [1.29, 1.82) is 0 Å². The molecule has 2 aromatic rings. The number of amides is 1. The Morgan fingerprint density at radius 3 is 2.52 bits per heavy atom. The maximum atomic E-state index is 13.3. The molecule has 4 N–H and O–H groups in total. The van der Waals surface area contributed by atoms with Crippen molar-refractivity contribution in [2.75, 3.05) is 11.1 Å². The Morgan fingerprint density at radius 1 is 1.19 bits per heavy atom. The van der Waals surface area contributed by atoms with Crippen molar-refractivity contribution in [3.63, 3.8) is 0 Å². The SMILES string of the molecule is Nc1cc(Cl)cc(C(=O)Nc2ccc(F)c(C(=O)O)c2)c1. The van der Waals surface area contributed by atoms with E-state index in [0.29, 0.717) is 10.7 Å². The topological polar surface area (TPSA) is 92.4 Å². The summed E-state index contributed by atoms with van der Waals surface area (Å²) in [5, 5.41) is 11.6. The summed E-state index contributed by atoms with van der Waals surface area (Å²) >= 11 is 5.80. The molecule has 0 heterocycles. The molecular formula is C14H10ClFN2O3. The van der Waals surface area contributed by atoms with E-state index < -0.39 is 23.3 Å². The average molecular weight is 309 g/mol. The van der Waals surface area contributed by atoms with E-state index in [-0.39, 0.29) is 11.3 Å².